The van der Waals surface area contributed by atoms with Crippen LogP contribution in [0.2, 0.25) is 5.02 Å². The number of benzene rings is 2. The number of rotatable bonds is 4. The first-order valence-corrected chi connectivity index (χ1v) is 13.8. The molecule has 3 unspecified atom stereocenters. The van der Waals surface area contributed by atoms with E-state index in [0.717, 1.165) is 60.3 Å². The van der Waals surface area contributed by atoms with E-state index < -0.39 is 0 Å². The minimum atomic E-state index is -0.00694. The summed E-state index contributed by atoms with van der Waals surface area (Å²) in [5.74, 6) is 0.800. The number of nitrogens with zero attached hydrogens (tertiary/aromatic N) is 6. The van der Waals surface area contributed by atoms with Gasteiger partial charge in [-0.3, -0.25) is 9.79 Å². The number of aryl methyl sites for hydroxylation is 1. The number of hydrogen-bond donors (Lipinski definition) is 0. The number of aromatic nitrogens is 5. The lowest BCUT2D eigenvalue weighted by Crippen LogP contribution is -2.29. The molecule has 2 aliphatic carbocycles. The van der Waals surface area contributed by atoms with Crippen molar-refractivity contribution in [3.8, 4) is 16.8 Å². The minimum Gasteiger partial charge on any atom is -0.303 e. The Hall–Kier alpha value is -4.10. The molecule has 3 atom stereocenters. The standard InChI is InChI=1S/C31H25ClN6O/c1-17-2-3-19-9-20(5-4-18(19)8-17)22-10-27(33-15-22)31-26-14-25(26)29-11-21(12-30(39)38(29)31)24-13-23(32)6-7-28(24)37-16-34-35-36-37/h4-7,9,11-13,15-16,25-26,31H,1-3,8,10,14H2. The van der Waals surface area contributed by atoms with Gasteiger partial charge in [-0.25, -0.2) is 0 Å². The van der Waals surface area contributed by atoms with E-state index in [1.165, 1.54) is 27.8 Å². The minimum absolute atomic E-state index is 0.00694. The van der Waals surface area contributed by atoms with E-state index in [1.807, 2.05) is 22.9 Å². The Morgan fingerprint density at radius 2 is 1.90 bits per heavy atom. The molecule has 1 saturated carbocycles. The van der Waals surface area contributed by atoms with Gasteiger partial charge < -0.3 is 4.57 Å². The number of allylic oxidation sites excluding steroid dienone is 2. The first kappa shape index (κ1) is 22.8. The Bertz CT molecular complexity index is 1820. The van der Waals surface area contributed by atoms with Crippen molar-refractivity contribution in [2.75, 3.05) is 0 Å². The molecule has 4 aliphatic rings. The lowest BCUT2D eigenvalue weighted by molar-refractivity contribution is 0.584. The van der Waals surface area contributed by atoms with Crippen LogP contribution in [0.1, 0.15) is 53.6 Å². The van der Waals surface area contributed by atoms with E-state index in [-0.39, 0.29) is 11.6 Å². The van der Waals surface area contributed by atoms with Gasteiger partial charge in [0.15, 0.2) is 0 Å². The molecule has 0 spiro atoms. The third-order valence-corrected chi connectivity index (χ3v) is 8.97. The molecule has 0 bridgehead atoms. The summed E-state index contributed by atoms with van der Waals surface area (Å²) in [5, 5.41) is 12.2. The van der Waals surface area contributed by atoms with Crippen molar-refractivity contribution < 1.29 is 0 Å². The zero-order valence-electron chi connectivity index (χ0n) is 21.2. The van der Waals surface area contributed by atoms with Crippen molar-refractivity contribution in [3.63, 3.8) is 0 Å². The summed E-state index contributed by atoms with van der Waals surface area (Å²) >= 11 is 6.37. The van der Waals surface area contributed by atoms with Crippen LogP contribution in [-0.4, -0.2) is 30.5 Å². The first-order valence-electron chi connectivity index (χ1n) is 13.4. The van der Waals surface area contributed by atoms with Crippen LogP contribution < -0.4 is 5.56 Å². The molecule has 4 aromatic rings. The van der Waals surface area contributed by atoms with Crippen molar-refractivity contribution in [3.05, 3.63) is 111 Å². The second kappa shape index (κ2) is 8.45. The Morgan fingerprint density at radius 1 is 0.974 bits per heavy atom. The Balaban J connectivity index is 1.11. The molecule has 0 N–H and O–H groups in total. The molecule has 0 saturated heterocycles. The molecule has 39 heavy (non-hydrogen) atoms. The average molecular weight is 533 g/mol. The molecule has 0 radical (unpaired) electrons. The van der Waals surface area contributed by atoms with Gasteiger partial charge in [-0.15, -0.1) is 5.10 Å². The third kappa shape index (κ3) is 3.67. The molecule has 4 heterocycles. The second-order valence-electron chi connectivity index (χ2n) is 11.1. The van der Waals surface area contributed by atoms with Gasteiger partial charge in [-0.2, -0.15) is 4.68 Å². The predicted molar refractivity (Wildman–Crippen MR) is 151 cm³/mol. The normalized spacial score (nSPS) is 22.7. The number of hydrogen-bond acceptors (Lipinski definition) is 5. The van der Waals surface area contributed by atoms with Gasteiger partial charge in [-0.05, 0) is 94.1 Å². The molecule has 7 nitrogen and oxygen atoms in total. The van der Waals surface area contributed by atoms with Gasteiger partial charge >= 0.3 is 0 Å². The molecular weight excluding hydrogens is 508 g/mol. The van der Waals surface area contributed by atoms with E-state index >= 15 is 0 Å². The number of pyridine rings is 1. The predicted octanol–water partition coefficient (Wildman–Crippen LogP) is 5.73. The lowest BCUT2D eigenvalue weighted by atomic mass is 9.86. The highest BCUT2D eigenvalue weighted by Gasteiger charge is 2.54. The fourth-order valence-electron chi connectivity index (χ4n) is 6.75. The van der Waals surface area contributed by atoms with Crippen molar-refractivity contribution in [2.24, 2.45) is 10.9 Å². The second-order valence-corrected chi connectivity index (χ2v) is 11.5. The zero-order valence-corrected chi connectivity index (χ0v) is 22.0. The maximum atomic E-state index is 13.7. The maximum absolute atomic E-state index is 13.7. The van der Waals surface area contributed by atoms with E-state index in [0.29, 0.717) is 16.9 Å². The van der Waals surface area contributed by atoms with Crippen LogP contribution in [-0.2, 0) is 12.8 Å². The van der Waals surface area contributed by atoms with E-state index in [1.54, 1.807) is 23.1 Å². The number of tetrazole rings is 1. The highest BCUT2D eigenvalue weighted by molar-refractivity contribution is 6.31. The van der Waals surface area contributed by atoms with Gasteiger partial charge in [0.25, 0.3) is 5.56 Å². The van der Waals surface area contributed by atoms with Crippen LogP contribution >= 0.6 is 11.6 Å². The molecule has 0 amide bonds. The Kier molecular flexibility index (Phi) is 4.95. The summed E-state index contributed by atoms with van der Waals surface area (Å²) in [6.45, 7) is 4.17. The molecular formula is C31H25ClN6O. The van der Waals surface area contributed by atoms with Crippen LogP contribution in [0.15, 0.2) is 83.0 Å². The summed E-state index contributed by atoms with van der Waals surface area (Å²) in [4.78, 5) is 18.6. The molecule has 192 valence electrons. The average Bonchev–Trinajstić information content (AvgIpc) is 3.28. The summed E-state index contributed by atoms with van der Waals surface area (Å²) < 4.78 is 3.58. The van der Waals surface area contributed by atoms with Crippen LogP contribution in [0.25, 0.3) is 22.4 Å². The Labute approximate surface area is 230 Å². The monoisotopic (exact) mass is 532 g/mol. The van der Waals surface area contributed by atoms with Crippen LogP contribution in [0.3, 0.4) is 0 Å². The highest BCUT2D eigenvalue weighted by Crippen LogP contribution is 2.60. The van der Waals surface area contributed by atoms with Crippen molar-refractivity contribution in [1.29, 1.82) is 0 Å². The first-order chi connectivity index (χ1) is 19.0. The van der Waals surface area contributed by atoms with Gasteiger partial charge in [-0.1, -0.05) is 42.0 Å². The summed E-state index contributed by atoms with van der Waals surface area (Å²) in [6, 6.07) is 16.2. The SMILES string of the molecule is C=C1CCc2cc(C3=CN=C(C4C5CC5c5cc(-c6cc(Cl)ccc6-n6cnnn6)cc(=O)n54)C3)ccc2C1. The zero-order chi connectivity index (χ0) is 26.2. The van der Waals surface area contributed by atoms with E-state index in [4.69, 9.17) is 16.6 Å². The van der Waals surface area contributed by atoms with Gasteiger partial charge in [0.2, 0.25) is 0 Å². The van der Waals surface area contributed by atoms with Crippen molar-refractivity contribution in [1.82, 2.24) is 24.8 Å². The Morgan fingerprint density at radius 3 is 2.77 bits per heavy atom. The number of aliphatic imine (C=N–C) groups is 1. The van der Waals surface area contributed by atoms with Crippen molar-refractivity contribution >= 4 is 22.9 Å². The van der Waals surface area contributed by atoms with Gasteiger partial charge in [0.1, 0.15) is 6.33 Å². The highest BCUT2D eigenvalue weighted by atomic mass is 35.5. The molecule has 1 fully saturated rings. The van der Waals surface area contributed by atoms with Gasteiger partial charge in [0, 0.05) is 46.6 Å². The fourth-order valence-corrected chi connectivity index (χ4v) is 6.92. The largest absolute Gasteiger partial charge is 0.303 e. The quantitative estimate of drug-likeness (QED) is 0.314. The van der Waals surface area contributed by atoms with Crippen LogP contribution in [0, 0.1) is 5.92 Å². The lowest BCUT2D eigenvalue weighted by Gasteiger charge is -2.21. The van der Waals surface area contributed by atoms with Gasteiger partial charge in [0.05, 0.1) is 11.7 Å². The molecule has 2 aromatic carbocycles. The summed E-state index contributed by atoms with van der Waals surface area (Å²) in [7, 11) is 0. The van der Waals surface area contributed by atoms with E-state index in [9.17, 15) is 4.79 Å². The van der Waals surface area contributed by atoms with Crippen molar-refractivity contribution in [2.45, 2.75) is 44.1 Å². The molecule has 8 heteroatoms. The topological polar surface area (TPSA) is 78.0 Å². The maximum Gasteiger partial charge on any atom is 0.251 e. The fraction of sp³-hybridized carbons (Fsp3) is 0.258. The molecule has 8 rings (SSSR count). The smallest absolute Gasteiger partial charge is 0.251 e. The third-order valence-electron chi connectivity index (χ3n) is 8.73. The summed E-state index contributed by atoms with van der Waals surface area (Å²) in [5.41, 5.74) is 11.2. The number of halogens is 1. The van der Waals surface area contributed by atoms with Crippen LogP contribution in [0.4, 0.5) is 0 Å². The summed E-state index contributed by atoms with van der Waals surface area (Å²) in [6.07, 6.45) is 8.53. The number of fused-ring (bicyclic) bond motifs is 4. The van der Waals surface area contributed by atoms with E-state index in [2.05, 4.69) is 46.4 Å². The molecule has 2 aromatic heterocycles. The molecule has 2 aliphatic heterocycles. The van der Waals surface area contributed by atoms with Crippen LogP contribution in [0.5, 0.6) is 0 Å².